The Labute approximate surface area is 106 Å². The van der Waals surface area contributed by atoms with Gasteiger partial charge in [-0.1, -0.05) is 19.2 Å². The van der Waals surface area contributed by atoms with Crippen LogP contribution in [0.15, 0.2) is 42.5 Å². The Hall–Kier alpha value is -2.43. The lowest BCUT2D eigenvalue weighted by atomic mass is 10.3. The van der Waals surface area contributed by atoms with Crippen LogP contribution < -0.4 is 10.6 Å². The normalized spacial score (nSPS) is 9.44. The molecule has 5 nitrogen and oxygen atoms in total. The number of amides is 2. The van der Waals surface area contributed by atoms with Crippen LogP contribution in [0.3, 0.4) is 0 Å². The van der Waals surface area contributed by atoms with Crippen LogP contribution >= 0.6 is 0 Å². The molecule has 0 aliphatic rings. The van der Waals surface area contributed by atoms with E-state index in [1.807, 2.05) is 0 Å². The molecular weight excluding hydrogens is 230 g/mol. The highest BCUT2D eigenvalue weighted by Crippen LogP contribution is 2.10. The fourth-order valence-electron chi connectivity index (χ4n) is 1.02. The van der Waals surface area contributed by atoms with Gasteiger partial charge in [0.2, 0.25) is 0 Å². The van der Waals surface area contributed by atoms with Crippen LogP contribution in [0.25, 0.3) is 0 Å². The van der Waals surface area contributed by atoms with Crippen LogP contribution in [0.1, 0.15) is 13.8 Å². The molecule has 94 valence electrons. The first kappa shape index (κ1) is 13.6. The summed E-state index contributed by atoms with van der Waals surface area (Å²) in [4.78, 5) is 26.9. The molecule has 0 saturated carbocycles. The summed E-state index contributed by atoms with van der Waals surface area (Å²) in [5.41, 5.74) is 0.765. The van der Waals surface area contributed by atoms with Gasteiger partial charge in [0.1, 0.15) is 11.6 Å². The second-order valence-electron chi connectivity index (χ2n) is 3.88. The van der Waals surface area contributed by atoms with Crippen molar-refractivity contribution in [2.45, 2.75) is 13.8 Å². The number of carbonyl (C=O) groups is 2. The van der Waals surface area contributed by atoms with E-state index in [2.05, 4.69) is 28.8 Å². The number of pyridine rings is 1. The van der Waals surface area contributed by atoms with Crippen molar-refractivity contribution in [3.63, 3.8) is 0 Å². The lowest BCUT2D eigenvalue weighted by Gasteiger charge is -2.07. The molecule has 0 atom stereocenters. The van der Waals surface area contributed by atoms with Gasteiger partial charge in [0.05, 0.1) is 0 Å². The third-order valence-corrected chi connectivity index (χ3v) is 2.01. The number of hydrogen-bond donors (Lipinski definition) is 2. The molecule has 2 N–H and O–H groups in total. The van der Waals surface area contributed by atoms with E-state index in [9.17, 15) is 9.59 Å². The highest BCUT2D eigenvalue weighted by Gasteiger charge is 2.06. The first-order valence-electron chi connectivity index (χ1n) is 5.31. The summed E-state index contributed by atoms with van der Waals surface area (Å²) in [6.07, 6.45) is 0. The molecule has 0 radical (unpaired) electrons. The molecule has 1 rings (SSSR count). The topological polar surface area (TPSA) is 71.1 Å². The highest BCUT2D eigenvalue weighted by atomic mass is 16.2. The summed E-state index contributed by atoms with van der Waals surface area (Å²) in [5, 5.41) is 5.12. The number of aromatic nitrogens is 1. The summed E-state index contributed by atoms with van der Waals surface area (Å²) in [6, 6.07) is 4.92. The molecule has 0 spiro atoms. The second kappa shape index (κ2) is 5.77. The molecule has 0 aliphatic carbocycles. The van der Waals surface area contributed by atoms with Gasteiger partial charge in [0.15, 0.2) is 0 Å². The van der Waals surface area contributed by atoms with Crippen LogP contribution in [-0.4, -0.2) is 16.8 Å². The average Bonchev–Trinajstić information content (AvgIpc) is 2.29. The predicted molar refractivity (Wildman–Crippen MR) is 71.1 cm³/mol. The largest absolute Gasteiger partial charge is 0.307 e. The zero-order valence-electron chi connectivity index (χ0n) is 10.4. The Morgan fingerprint density at radius 2 is 1.39 bits per heavy atom. The highest BCUT2D eigenvalue weighted by molar-refractivity contribution is 6.03. The standard InChI is InChI=1S/C13H15N3O2/c1-8(2)12(17)15-10-6-5-7-11(14-10)16-13(18)9(3)4/h5-7H,1,3H2,2,4H3,(H2,14,15,16,17,18). The first-order valence-corrected chi connectivity index (χ1v) is 5.31. The molecule has 0 aromatic carbocycles. The fourth-order valence-corrected chi connectivity index (χ4v) is 1.02. The van der Waals surface area contributed by atoms with Crippen LogP contribution in [0.5, 0.6) is 0 Å². The van der Waals surface area contributed by atoms with Crippen LogP contribution in [0.2, 0.25) is 0 Å². The maximum atomic E-state index is 11.4. The van der Waals surface area contributed by atoms with Gasteiger partial charge in [0.25, 0.3) is 11.8 Å². The van der Waals surface area contributed by atoms with E-state index in [4.69, 9.17) is 0 Å². The Bertz CT molecular complexity index is 477. The van der Waals surface area contributed by atoms with Crippen molar-refractivity contribution in [3.05, 3.63) is 42.5 Å². The van der Waals surface area contributed by atoms with E-state index in [0.29, 0.717) is 22.8 Å². The molecule has 0 saturated heterocycles. The second-order valence-corrected chi connectivity index (χ2v) is 3.88. The van der Waals surface area contributed by atoms with Crippen LogP contribution in [0, 0.1) is 0 Å². The van der Waals surface area contributed by atoms with E-state index < -0.39 is 0 Å². The number of hydrogen-bond acceptors (Lipinski definition) is 3. The maximum Gasteiger partial charge on any atom is 0.251 e. The molecule has 18 heavy (non-hydrogen) atoms. The molecule has 0 bridgehead atoms. The fraction of sp³-hybridized carbons (Fsp3) is 0.154. The Morgan fingerprint density at radius 3 is 1.72 bits per heavy atom. The Morgan fingerprint density at radius 1 is 1.00 bits per heavy atom. The number of nitrogens with zero attached hydrogens (tertiary/aromatic N) is 1. The van der Waals surface area contributed by atoms with Gasteiger partial charge >= 0.3 is 0 Å². The summed E-state index contributed by atoms with van der Waals surface area (Å²) in [7, 11) is 0. The van der Waals surface area contributed by atoms with E-state index in [1.165, 1.54) is 0 Å². The SMILES string of the molecule is C=C(C)C(=O)Nc1cccc(NC(=O)C(=C)C)n1. The minimum atomic E-state index is -0.314. The summed E-state index contributed by atoms with van der Waals surface area (Å²) in [6.45, 7) is 10.2. The lowest BCUT2D eigenvalue weighted by Crippen LogP contribution is -2.16. The van der Waals surface area contributed by atoms with E-state index in [-0.39, 0.29) is 11.8 Å². The van der Waals surface area contributed by atoms with Gasteiger partial charge in [-0.2, -0.15) is 0 Å². The zero-order valence-corrected chi connectivity index (χ0v) is 10.4. The molecular formula is C13H15N3O2. The van der Waals surface area contributed by atoms with Crippen molar-refractivity contribution >= 4 is 23.5 Å². The predicted octanol–water partition coefficient (Wildman–Crippen LogP) is 2.11. The smallest absolute Gasteiger partial charge is 0.251 e. The van der Waals surface area contributed by atoms with E-state index in [0.717, 1.165) is 0 Å². The van der Waals surface area contributed by atoms with Crippen LogP contribution in [-0.2, 0) is 9.59 Å². The van der Waals surface area contributed by atoms with Gasteiger partial charge in [-0.3, -0.25) is 9.59 Å². The Kier molecular flexibility index (Phi) is 4.37. The zero-order chi connectivity index (χ0) is 13.7. The van der Waals surface area contributed by atoms with Gasteiger partial charge in [-0.25, -0.2) is 4.98 Å². The van der Waals surface area contributed by atoms with Gasteiger partial charge in [0, 0.05) is 11.1 Å². The van der Waals surface area contributed by atoms with E-state index in [1.54, 1.807) is 32.0 Å². The number of rotatable bonds is 4. The minimum Gasteiger partial charge on any atom is -0.307 e. The first-order chi connectivity index (χ1) is 8.40. The Balaban J connectivity index is 2.80. The number of carbonyl (C=O) groups excluding carboxylic acids is 2. The molecule has 0 fully saturated rings. The van der Waals surface area contributed by atoms with E-state index >= 15 is 0 Å². The van der Waals surface area contributed by atoms with Crippen molar-refractivity contribution in [1.82, 2.24) is 4.98 Å². The third-order valence-electron chi connectivity index (χ3n) is 2.01. The summed E-state index contributed by atoms with van der Waals surface area (Å²) >= 11 is 0. The summed E-state index contributed by atoms with van der Waals surface area (Å²) in [5.74, 6) is 0.0711. The molecule has 2 amide bonds. The molecule has 1 aromatic heterocycles. The molecule has 0 unspecified atom stereocenters. The van der Waals surface area contributed by atoms with Gasteiger partial charge in [-0.05, 0) is 26.0 Å². The summed E-state index contributed by atoms with van der Waals surface area (Å²) < 4.78 is 0. The molecule has 1 aromatic rings. The molecule has 1 heterocycles. The van der Waals surface area contributed by atoms with Crippen molar-refractivity contribution in [2.24, 2.45) is 0 Å². The third kappa shape index (κ3) is 3.86. The average molecular weight is 245 g/mol. The van der Waals surface area contributed by atoms with Crippen LogP contribution in [0.4, 0.5) is 11.6 Å². The quantitative estimate of drug-likeness (QED) is 0.798. The lowest BCUT2D eigenvalue weighted by molar-refractivity contribution is -0.113. The number of nitrogens with one attached hydrogen (secondary N) is 2. The number of anilines is 2. The van der Waals surface area contributed by atoms with Crippen molar-refractivity contribution in [1.29, 1.82) is 0 Å². The maximum absolute atomic E-state index is 11.4. The van der Waals surface area contributed by atoms with Crippen molar-refractivity contribution < 1.29 is 9.59 Å². The van der Waals surface area contributed by atoms with Gasteiger partial charge < -0.3 is 10.6 Å². The molecule has 5 heteroatoms. The minimum absolute atomic E-state index is 0.314. The van der Waals surface area contributed by atoms with Crippen molar-refractivity contribution in [2.75, 3.05) is 10.6 Å². The molecule has 0 aliphatic heterocycles. The van der Waals surface area contributed by atoms with Gasteiger partial charge in [-0.15, -0.1) is 0 Å². The monoisotopic (exact) mass is 245 g/mol. The van der Waals surface area contributed by atoms with Crippen molar-refractivity contribution in [3.8, 4) is 0 Å².